The molecule has 2 aromatic heterocycles. The van der Waals surface area contributed by atoms with E-state index in [1.807, 2.05) is 69.3 Å². The Labute approximate surface area is 342 Å². The van der Waals surface area contributed by atoms with Crippen molar-refractivity contribution >= 4 is 46.4 Å². The van der Waals surface area contributed by atoms with E-state index in [9.17, 15) is 28.7 Å². The predicted octanol–water partition coefficient (Wildman–Crippen LogP) is 6.64. The number of ether oxygens (including phenoxy) is 1. The third-order valence-electron chi connectivity index (χ3n) is 11.2. The minimum Gasteiger partial charge on any atom is -0.507 e. The van der Waals surface area contributed by atoms with Crippen molar-refractivity contribution in [2.75, 3.05) is 30.3 Å². The quantitative estimate of drug-likeness (QED) is 0.131. The van der Waals surface area contributed by atoms with E-state index in [4.69, 9.17) is 10.5 Å². The van der Waals surface area contributed by atoms with E-state index in [2.05, 4.69) is 20.5 Å². The third kappa shape index (κ3) is 9.80. The van der Waals surface area contributed by atoms with Gasteiger partial charge in [-0.3, -0.25) is 19.2 Å². The number of halogens is 1. The van der Waals surface area contributed by atoms with Crippen LogP contribution >= 0.6 is 11.3 Å². The van der Waals surface area contributed by atoms with Crippen molar-refractivity contribution in [2.24, 2.45) is 17.3 Å². The topological polar surface area (TPSA) is 181 Å². The first-order chi connectivity index (χ1) is 27.5. The van der Waals surface area contributed by atoms with Crippen molar-refractivity contribution in [3.05, 3.63) is 71.1 Å². The molecule has 4 heterocycles. The minimum atomic E-state index is -0.886. The van der Waals surface area contributed by atoms with Crippen LogP contribution in [0.1, 0.15) is 84.0 Å². The molecule has 4 N–H and O–H groups in total. The fourth-order valence-electron chi connectivity index (χ4n) is 7.97. The van der Waals surface area contributed by atoms with Crippen LogP contribution in [0.2, 0.25) is 0 Å². The van der Waals surface area contributed by atoms with Crippen LogP contribution in [0.25, 0.3) is 21.7 Å². The van der Waals surface area contributed by atoms with Gasteiger partial charge in [-0.1, -0.05) is 45.0 Å². The maximum atomic E-state index is 14.5. The Hall–Kier alpha value is -5.44. The van der Waals surface area contributed by atoms with Gasteiger partial charge in [0.25, 0.3) is 0 Å². The molecule has 0 saturated carbocycles. The number of nitrogens with two attached hydrogens (primary N) is 1. The molecule has 2 aromatic carbocycles. The number of piperidine rings is 1. The van der Waals surface area contributed by atoms with Crippen LogP contribution < -0.4 is 16.0 Å². The monoisotopic (exact) mass is 813 g/mol. The number of aromatic nitrogens is 3. The molecule has 0 spiro atoms. The van der Waals surface area contributed by atoms with Gasteiger partial charge < -0.3 is 30.7 Å². The van der Waals surface area contributed by atoms with Crippen molar-refractivity contribution < 1.29 is 33.4 Å². The SMILES string of the molecule is CC(=O)O[C@@H]1C[C@@H](C(=O)N[C@@H](C)c2ccc(-c3scnc3C)cc2)N(C(=O)[C@@H](CC(=O)CC2CCN(c3cc(-c4cc(F)ccc4O)nnc3N)CC2)C(C)(C)C)C1. The van der Waals surface area contributed by atoms with Crippen LogP contribution in [0.4, 0.5) is 15.9 Å². The lowest BCUT2D eigenvalue weighted by molar-refractivity contribution is -0.148. The molecular weight excluding hydrogens is 762 g/mol. The molecule has 0 bridgehead atoms. The first kappa shape index (κ1) is 42.2. The molecular formula is C43H52FN7O6S. The molecule has 6 rings (SSSR count). The van der Waals surface area contributed by atoms with Gasteiger partial charge in [0, 0.05) is 50.8 Å². The lowest BCUT2D eigenvalue weighted by Gasteiger charge is -2.36. The molecule has 4 atom stereocenters. The van der Waals surface area contributed by atoms with Crippen LogP contribution in [0, 0.1) is 30.0 Å². The Balaban J connectivity index is 1.09. The van der Waals surface area contributed by atoms with Gasteiger partial charge in [0.05, 0.1) is 40.0 Å². The zero-order chi connectivity index (χ0) is 41.9. The molecule has 13 nitrogen and oxygen atoms in total. The number of thiazole rings is 1. The van der Waals surface area contributed by atoms with Gasteiger partial charge in [0.2, 0.25) is 11.8 Å². The molecule has 0 unspecified atom stereocenters. The largest absolute Gasteiger partial charge is 0.507 e. The van der Waals surface area contributed by atoms with E-state index < -0.39 is 35.3 Å². The van der Waals surface area contributed by atoms with Crippen LogP contribution in [0.3, 0.4) is 0 Å². The van der Waals surface area contributed by atoms with E-state index >= 15 is 0 Å². The fourth-order valence-corrected chi connectivity index (χ4v) is 8.78. The number of phenols is 1. The van der Waals surface area contributed by atoms with Gasteiger partial charge in [-0.25, -0.2) is 9.37 Å². The Morgan fingerprint density at radius 1 is 1.07 bits per heavy atom. The number of hydrogen-bond donors (Lipinski definition) is 3. The van der Waals surface area contributed by atoms with E-state index in [0.29, 0.717) is 38.0 Å². The molecule has 0 radical (unpaired) electrons. The van der Waals surface area contributed by atoms with E-state index in [0.717, 1.165) is 27.8 Å². The Kier molecular flexibility index (Phi) is 12.8. The zero-order valence-electron chi connectivity index (χ0n) is 33.8. The van der Waals surface area contributed by atoms with Gasteiger partial charge in [0.15, 0.2) is 5.82 Å². The highest BCUT2D eigenvalue weighted by Crippen LogP contribution is 2.37. The van der Waals surface area contributed by atoms with E-state index in [1.54, 1.807) is 17.4 Å². The summed E-state index contributed by atoms with van der Waals surface area (Å²) < 4.78 is 19.5. The maximum absolute atomic E-state index is 14.5. The average Bonchev–Trinajstić information content (AvgIpc) is 3.80. The highest BCUT2D eigenvalue weighted by molar-refractivity contribution is 7.13. The standard InChI is InChI=1S/C43H52FN7O6S/c1-24(28-7-9-29(10-8-28)39-25(2)46-23-58-39)47-41(55)37-20-32(57-26(3)52)22-51(37)42(56)34(43(4,5)6)19-31(53)17-27-13-15-50(16-14-27)36-21-35(48-49-40(36)45)33-18-30(44)11-12-38(33)54/h7-12,18,21,23-24,27,32,34,37,54H,13-17,19-20,22H2,1-6H3,(H2,45,49)(H,47,55)/t24-,32+,34+,37-/m0/s1. The molecule has 2 aliphatic heterocycles. The molecule has 0 aliphatic carbocycles. The summed E-state index contributed by atoms with van der Waals surface area (Å²) in [5, 5.41) is 21.5. The van der Waals surface area contributed by atoms with E-state index in [-0.39, 0.29) is 71.8 Å². The number of hydrogen-bond acceptors (Lipinski definition) is 12. The molecule has 2 amide bonds. The van der Waals surface area contributed by atoms with Crippen molar-refractivity contribution in [2.45, 2.75) is 91.8 Å². The first-order valence-corrected chi connectivity index (χ1v) is 20.5. The molecule has 2 saturated heterocycles. The van der Waals surface area contributed by atoms with Crippen LogP contribution in [0.5, 0.6) is 5.75 Å². The highest BCUT2D eigenvalue weighted by atomic mass is 32.1. The molecule has 15 heteroatoms. The van der Waals surface area contributed by atoms with Crippen molar-refractivity contribution in [1.29, 1.82) is 0 Å². The molecule has 4 aromatic rings. The molecule has 58 heavy (non-hydrogen) atoms. The number of aromatic hydroxyl groups is 1. The van der Waals surface area contributed by atoms with Crippen molar-refractivity contribution in [3.8, 4) is 27.4 Å². The lowest BCUT2D eigenvalue weighted by Crippen LogP contribution is -2.50. The second kappa shape index (κ2) is 17.6. The van der Waals surface area contributed by atoms with Gasteiger partial charge in [-0.2, -0.15) is 0 Å². The van der Waals surface area contributed by atoms with Gasteiger partial charge in [-0.15, -0.1) is 21.5 Å². The Bertz CT molecular complexity index is 2150. The normalized spacial score (nSPS) is 18.5. The third-order valence-corrected chi connectivity index (χ3v) is 12.2. The summed E-state index contributed by atoms with van der Waals surface area (Å²) in [4.78, 5) is 63.1. The number of ketones is 1. The summed E-state index contributed by atoms with van der Waals surface area (Å²) in [5.74, 6) is -2.29. The number of nitrogens with zero attached hydrogens (tertiary/aromatic N) is 5. The Morgan fingerprint density at radius 3 is 2.41 bits per heavy atom. The van der Waals surface area contributed by atoms with Crippen molar-refractivity contribution in [1.82, 2.24) is 25.4 Å². The number of benzene rings is 2. The average molecular weight is 814 g/mol. The van der Waals surface area contributed by atoms with Crippen molar-refractivity contribution in [3.63, 3.8) is 0 Å². The van der Waals surface area contributed by atoms with Gasteiger partial charge in [-0.05, 0) is 73.4 Å². The first-order valence-electron chi connectivity index (χ1n) is 19.7. The van der Waals surface area contributed by atoms with E-state index in [1.165, 1.54) is 24.0 Å². The number of amides is 2. The highest BCUT2D eigenvalue weighted by Gasteiger charge is 2.46. The fraction of sp³-hybridized carbons (Fsp3) is 0.465. The summed E-state index contributed by atoms with van der Waals surface area (Å²) in [6, 6.07) is 12.0. The lowest BCUT2D eigenvalue weighted by atomic mass is 9.75. The summed E-state index contributed by atoms with van der Waals surface area (Å²) in [6.45, 7) is 12.1. The number of Topliss-reactive ketones (excluding diaryl/α,β-unsaturated/α-hetero) is 1. The molecule has 308 valence electrons. The number of nitrogen functional groups attached to an aromatic ring is 1. The van der Waals surface area contributed by atoms with Crippen LogP contribution in [0.15, 0.2) is 54.0 Å². The zero-order valence-corrected chi connectivity index (χ0v) is 34.6. The number of phenolic OH excluding ortho intramolecular Hbond substituents is 1. The summed E-state index contributed by atoms with van der Waals surface area (Å²) in [7, 11) is 0. The minimum absolute atomic E-state index is 0.00924. The van der Waals surface area contributed by atoms with Crippen LogP contribution in [-0.2, 0) is 23.9 Å². The Morgan fingerprint density at radius 2 is 1.78 bits per heavy atom. The summed E-state index contributed by atoms with van der Waals surface area (Å²) in [5.41, 5.74) is 11.4. The second-order valence-corrected chi connectivity index (χ2v) is 17.4. The molecule has 2 aliphatic rings. The number of carbonyl (C=O) groups excluding carboxylic acids is 4. The number of nitrogens with one attached hydrogen (secondary N) is 1. The smallest absolute Gasteiger partial charge is 0.302 e. The van der Waals surface area contributed by atoms with Crippen LogP contribution in [-0.4, -0.2) is 80.5 Å². The summed E-state index contributed by atoms with van der Waals surface area (Å²) >= 11 is 1.57. The number of likely N-dealkylation sites (tertiary alicyclic amines) is 1. The number of esters is 1. The number of anilines is 2. The second-order valence-electron chi connectivity index (χ2n) is 16.6. The number of carbonyl (C=O) groups is 4. The number of rotatable bonds is 12. The molecule has 2 fully saturated rings. The van der Waals surface area contributed by atoms with Gasteiger partial charge in [0.1, 0.15) is 29.5 Å². The predicted molar refractivity (Wildman–Crippen MR) is 220 cm³/mol. The summed E-state index contributed by atoms with van der Waals surface area (Å²) in [6.07, 6.45) is 1.17. The number of aryl methyl sites for hydroxylation is 1. The van der Waals surface area contributed by atoms with Gasteiger partial charge >= 0.3 is 5.97 Å². The maximum Gasteiger partial charge on any atom is 0.302 e.